The fourth-order valence-electron chi connectivity index (χ4n) is 13.4. The maximum Gasteiger partial charge on any atom is 0.311 e. The summed E-state index contributed by atoms with van der Waals surface area (Å²) >= 11 is 0. The van der Waals surface area contributed by atoms with Crippen LogP contribution in [0.2, 0.25) is 0 Å². The highest BCUT2D eigenvalue weighted by Crippen LogP contribution is 2.76. The molecule has 0 aromatic heterocycles. The number of hydrogen-bond acceptors (Lipinski definition) is 8. The van der Waals surface area contributed by atoms with Gasteiger partial charge >= 0.3 is 5.97 Å². The van der Waals surface area contributed by atoms with Gasteiger partial charge in [0, 0.05) is 5.92 Å². The van der Waals surface area contributed by atoms with E-state index in [4.69, 9.17) is 14.2 Å². The van der Waals surface area contributed by atoms with Crippen molar-refractivity contribution in [1.82, 2.24) is 0 Å². The molecule has 1 saturated heterocycles. The predicted molar refractivity (Wildman–Crippen MR) is 203 cm³/mol. The van der Waals surface area contributed by atoms with Crippen molar-refractivity contribution in [3.63, 3.8) is 0 Å². The van der Waals surface area contributed by atoms with Crippen LogP contribution in [0.3, 0.4) is 0 Å². The second-order valence-corrected chi connectivity index (χ2v) is 21.6. The van der Waals surface area contributed by atoms with Crippen LogP contribution in [0.5, 0.6) is 0 Å². The molecule has 8 nitrogen and oxygen atoms in total. The molecule has 1 N–H and O–H groups in total. The van der Waals surface area contributed by atoms with Crippen LogP contribution in [0.4, 0.5) is 0 Å². The molecule has 5 fully saturated rings. The zero-order chi connectivity index (χ0) is 39.5. The summed E-state index contributed by atoms with van der Waals surface area (Å²) < 4.78 is 19.4. The number of aldehydes is 1. The zero-order valence-electron chi connectivity index (χ0n) is 35.1. The van der Waals surface area contributed by atoms with Gasteiger partial charge in [-0.15, -0.1) is 0 Å². The Bertz CT molecular complexity index is 1540. The number of allylic oxidation sites excluding steroid dienone is 2. The van der Waals surface area contributed by atoms with E-state index >= 15 is 0 Å². The highest BCUT2D eigenvalue weighted by Gasteiger charge is 2.71. The smallest absolute Gasteiger partial charge is 0.311 e. The number of rotatable bonds is 6. The van der Waals surface area contributed by atoms with Gasteiger partial charge in [0.15, 0.2) is 18.2 Å². The second-order valence-electron chi connectivity index (χ2n) is 21.6. The molecule has 6 aliphatic rings. The summed E-state index contributed by atoms with van der Waals surface area (Å²) in [5.74, 6) is -0.375. The normalized spacial score (nSPS) is 49.2. The second kappa shape index (κ2) is 13.1. The number of hydrogen-bond donors (Lipinski definition) is 1. The number of ether oxygens (including phenoxy) is 3. The lowest BCUT2D eigenvalue weighted by Crippen LogP contribution is -2.68. The zero-order valence-corrected chi connectivity index (χ0v) is 35.1. The van der Waals surface area contributed by atoms with Crippen LogP contribution < -0.4 is 0 Å². The van der Waals surface area contributed by atoms with Gasteiger partial charge in [0.2, 0.25) is 0 Å². The third kappa shape index (κ3) is 5.91. The molecule has 4 saturated carbocycles. The van der Waals surface area contributed by atoms with E-state index in [1.165, 1.54) is 12.5 Å². The van der Waals surface area contributed by atoms with Crippen LogP contribution in [0.1, 0.15) is 148 Å². The van der Waals surface area contributed by atoms with Crippen molar-refractivity contribution in [3.05, 3.63) is 11.6 Å². The Morgan fingerprint density at radius 3 is 2.15 bits per heavy atom. The van der Waals surface area contributed by atoms with Crippen LogP contribution in [0, 0.1) is 67.5 Å². The number of ketones is 2. The lowest BCUT2D eigenvalue weighted by atomic mass is 9.33. The number of carbonyl (C=O) groups excluding carboxylic acids is 4. The van der Waals surface area contributed by atoms with Crippen molar-refractivity contribution in [1.29, 1.82) is 0 Å². The number of Topliss-reactive ketones (excluding diaryl/α,β-unsaturated/α-hetero) is 2. The molecule has 0 radical (unpaired) electrons. The van der Waals surface area contributed by atoms with Gasteiger partial charge in [0.05, 0.1) is 28.5 Å². The standard InChI is InChI=1S/C45H70O8/c1-25-26(2)36(53-38(50)39(5,6)7)37(52-35(25)27(3)47)51-34-17-18-41(10)31(42(34,11)24-46)16-19-43(12)32(41)15-14-29-30-22-40(8,9)20-21-45(30,28(4)48)33(49)23-44(29,43)13/h14,24-26,30-37,49H,15-23H2,1-13H3/t25?,26-,30?,31-,32?,33?,34+,35?,36+,37-,41?,42-,43+,44-,45-/m1/s1. The molecule has 15 atom stereocenters. The summed E-state index contributed by atoms with van der Waals surface area (Å²) in [5.41, 5.74) is -1.39. The van der Waals surface area contributed by atoms with E-state index in [2.05, 4.69) is 40.7 Å². The van der Waals surface area contributed by atoms with Gasteiger partial charge < -0.3 is 24.1 Å². The van der Waals surface area contributed by atoms with Crippen LogP contribution in [0.15, 0.2) is 11.6 Å². The molecule has 8 heteroatoms. The molecule has 0 aromatic carbocycles. The lowest BCUT2D eigenvalue weighted by molar-refractivity contribution is -0.306. The van der Waals surface area contributed by atoms with Crippen molar-refractivity contribution in [2.24, 2.45) is 67.5 Å². The summed E-state index contributed by atoms with van der Waals surface area (Å²) in [6.45, 7) is 26.5. The largest absolute Gasteiger partial charge is 0.456 e. The third-order valence-corrected chi connectivity index (χ3v) is 17.2. The molecule has 53 heavy (non-hydrogen) atoms. The first-order chi connectivity index (χ1) is 24.3. The number of carbonyl (C=O) groups is 4. The van der Waals surface area contributed by atoms with Gasteiger partial charge in [-0.25, -0.2) is 0 Å². The van der Waals surface area contributed by atoms with Gasteiger partial charge in [0.25, 0.3) is 0 Å². The Labute approximate surface area is 319 Å². The van der Waals surface area contributed by atoms with Crippen LogP contribution >= 0.6 is 0 Å². The summed E-state index contributed by atoms with van der Waals surface area (Å²) in [4.78, 5) is 53.1. The lowest BCUT2D eigenvalue weighted by Gasteiger charge is -2.71. The predicted octanol–water partition coefficient (Wildman–Crippen LogP) is 8.46. The molecule has 0 bridgehead atoms. The molecule has 0 spiro atoms. The highest BCUT2D eigenvalue weighted by atomic mass is 16.7. The fraction of sp³-hybridized carbons (Fsp3) is 0.867. The average molecular weight is 739 g/mol. The molecular formula is C45H70O8. The summed E-state index contributed by atoms with van der Waals surface area (Å²) in [7, 11) is 0. The van der Waals surface area contributed by atoms with Crippen LogP contribution in [-0.2, 0) is 33.4 Å². The average Bonchev–Trinajstić information content (AvgIpc) is 3.04. The van der Waals surface area contributed by atoms with Crippen molar-refractivity contribution >= 4 is 23.8 Å². The molecule has 5 aliphatic carbocycles. The van der Waals surface area contributed by atoms with E-state index < -0.39 is 47.0 Å². The van der Waals surface area contributed by atoms with E-state index in [1.807, 2.05) is 41.5 Å². The molecule has 298 valence electrons. The van der Waals surface area contributed by atoms with Gasteiger partial charge in [-0.1, -0.05) is 67.0 Å². The summed E-state index contributed by atoms with van der Waals surface area (Å²) in [5, 5.41) is 12.1. The van der Waals surface area contributed by atoms with Gasteiger partial charge in [0.1, 0.15) is 18.2 Å². The Morgan fingerprint density at radius 2 is 1.57 bits per heavy atom. The van der Waals surface area contributed by atoms with Crippen molar-refractivity contribution in [2.45, 2.75) is 179 Å². The maximum atomic E-state index is 13.6. The minimum Gasteiger partial charge on any atom is -0.456 e. The number of esters is 1. The molecule has 6 unspecified atom stereocenters. The number of fused-ring (bicyclic) bond motifs is 7. The minimum absolute atomic E-state index is 0.0282. The van der Waals surface area contributed by atoms with Crippen LogP contribution in [-0.4, -0.2) is 59.6 Å². The molecular weight excluding hydrogens is 668 g/mol. The number of aliphatic hydroxyl groups excluding tert-OH is 1. The fourth-order valence-corrected chi connectivity index (χ4v) is 13.4. The maximum absolute atomic E-state index is 13.6. The highest BCUT2D eigenvalue weighted by molar-refractivity contribution is 5.85. The van der Waals surface area contributed by atoms with E-state index in [0.717, 1.165) is 51.2 Å². The molecule has 0 amide bonds. The van der Waals surface area contributed by atoms with Crippen LogP contribution in [0.25, 0.3) is 0 Å². The SMILES string of the molecule is CC(=O)C1O[C@@H](O[C@H]2CCC3(C)C4CC=C5C6CC(C)(C)CC[C@]6(C(C)=O)C(O)C[C@@]5(C)[C@@]4(C)CC[C@H]3[C@@]2(C)C=O)[C@@H](OC(=O)C(C)(C)C)[C@H](C)C1C. The Morgan fingerprint density at radius 1 is 0.906 bits per heavy atom. The monoisotopic (exact) mass is 739 g/mol. The van der Waals surface area contributed by atoms with Gasteiger partial charge in [-0.3, -0.25) is 14.4 Å². The van der Waals surface area contributed by atoms with E-state index in [1.54, 1.807) is 6.92 Å². The first-order valence-corrected chi connectivity index (χ1v) is 20.7. The Hall–Kier alpha value is -1.90. The van der Waals surface area contributed by atoms with Crippen molar-refractivity contribution < 1.29 is 38.5 Å². The van der Waals surface area contributed by atoms with Crippen molar-refractivity contribution in [2.75, 3.05) is 0 Å². The molecule has 0 aromatic rings. The van der Waals surface area contributed by atoms with Gasteiger partial charge in [-0.2, -0.15) is 0 Å². The Balaban J connectivity index is 1.33. The topological polar surface area (TPSA) is 116 Å². The van der Waals surface area contributed by atoms with Crippen molar-refractivity contribution in [3.8, 4) is 0 Å². The minimum atomic E-state index is -0.979. The molecule has 6 rings (SSSR count). The van der Waals surface area contributed by atoms with E-state index in [9.17, 15) is 24.3 Å². The third-order valence-electron chi connectivity index (χ3n) is 17.2. The van der Waals surface area contributed by atoms with E-state index in [-0.39, 0.29) is 68.8 Å². The molecule has 1 heterocycles. The van der Waals surface area contributed by atoms with Gasteiger partial charge in [-0.05, 0) is 138 Å². The first-order valence-electron chi connectivity index (χ1n) is 20.7. The summed E-state index contributed by atoms with van der Waals surface area (Å²) in [6.07, 6.45) is 7.29. The molecule has 1 aliphatic heterocycles. The quantitative estimate of drug-likeness (QED) is 0.125. The first kappa shape index (κ1) is 40.8. The summed E-state index contributed by atoms with van der Waals surface area (Å²) in [6, 6.07) is 0. The van der Waals surface area contributed by atoms with E-state index in [0.29, 0.717) is 12.8 Å². The Kier molecular flexibility index (Phi) is 10.1. The number of aliphatic hydroxyl groups is 1.